The SMILES string of the molecule is Cc1cc2ncn(-c3ccc(OC(C)(C)C)cc3)c2cc1Br. The molecule has 0 aliphatic rings. The molecule has 0 radical (unpaired) electrons. The van der Waals surface area contributed by atoms with Gasteiger partial charge in [0.2, 0.25) is 0 Å². The largest absolute Gasteiger partial charge is 0.488 e. The molecule has 3 aromatic rings. The summed E-state index contributed by atoms with van der Waals surface area (Å²) >= 11 is 3.59. The van der Waals surface area contributed by atoms with Crippen LogP contribution in [0.1, 0.15) is 26.3 Å². The van der Waals surface area contributed by atoms with Crippen LogP contribution in [-0.4, -0.2) is 15.2 Å². The molecule has 1 aromatic heterocycles. The second kappa shape index (κ2) is 5.43. The van der Waals surface area contributed by atoms with Gasteiger partial charge < -0.3 is 4.74 Å². The van der Waals surface area contributed by atoms with Crippen LogP contribution in [0.3, 0.4) is 0 Å². The smallest absolute Gasteiger partial charge is 0.120 e. The highest BCUT2D eigenvalue weighted by Crippen LogP contribution is 2.26. The van der Waals surface area contributed by atoms with Crippen molar-refractivity contribution in [3.63, 3.8) is 0 Å². The minimum absolute atomic E-state index is 0.189. The molecule has 22 heavy (non-hydrogen) atoms. The van der Waals surface area contributed by atoms with Gasteiger partial charge in [-0.2, -0.15) is 0 Å². The maximum atomic E-state index is 5.86. The number of hydrogen-bond acceptors (Lipinski definition) is 2. The van der Waals surface area contributed by atoms with Crippen molar-refractivity contribution in [1.82, 2.24) is 9.55 Å². The third-order valence-electron chi connectivity index (χ3n) is 3.37. The molecular formula is C18H19BrN2O. The van der Waals surface area contributed by atoms with Gasteiger partial charge in [0.15, 0.2) is 0 Å². The summed E-state index contributed by atoms with van der Waals surface area (Å²) in [4.78, 5) is 4.49. The number of aromatic nitrogens is 2. The van der Waals surface area contributed by atoms with E-state index in [4.69, 9.17) is 4.74 Å². The predicted octanol–water partition coefficient (Wildman–Crippen LogP) is 5.27. The van der Waals surface area contributed by atoms with Crippen LogP contribution >= 0.6 is 15.9 Å². The zero-order valence-corrected chi connectivity index (χ0v) is 14.8. The van der Waals surface area contributed by atoms with Crippen LogP contribution in [0.15, 0.2) is 47.2 Å². The van der Waals surface area contributed by atoms with Gasteiger partial charge in [-0.15, -0.1) is 0 Å². The summed E-state index contributed by atoms with van der Waals surface area (Å²) in [6.45, 7) is 8.21. The molecule has 0 aliphatic heterocycles. The fourth-order valence-corrected chi connectivity index (χ4v) is 2.70. The Kier molecular flexibility index (Phi) is 3.73. The van der Waals surface area contributed by atoms with Crippen molar-refractivity contribution in [2.45, 2.75) is 33.3 Å². The van der Waals surface area contributed by atoms with Crippen molar-refractivity contribution in [2.75, 3.05) is 0 Å². The molecule has 0 N–H and O–H groups in total. The van der Waals surface area contributed by atoms with Gasteiger partial charge in [-0.25, -0.2) is 4.98 Å². The normalized spacial score (nSPS) is 11.9. The number of benzene rings is 2. The van der Waals surface area contributed by atoms with Crippen LogP contribution in [-0.2, 0) is 0 Å². The van der Waals surface area contributed by atoms with Crippen molar-refractivity contribution in [2.24, 2.45) is 0 Å². The molecule has 0 atom stereocenters. The molecule has 4 heteroatoms. The zero-order chi connectivity index (χ0) is 15.9. The highest BCUT2D eigenvalue weighted by atomic mass is 79.9. The van der Waals surface area contributed by atoms with Crippen LogP contribution in [0.25, 0.3) is 16.7 Å². The van der Waals surface area contributed by atoms with Crippen molar-refractivity contribution < 1.29 is 4.74 Å². The van der Waals surface area contributed by atoms with E-state index in [1.807, 2.05) is 39.2 Å². The molecule has 0 unspecified atom stereocenters. The molecule has 0 aliphatic carbocycles. The van der Waals surface area contributed by atoms with Gasteiger partial charge in [0.05, 0.1) is 11.0 Å². The number of imidazole rings is 1. The van der Waals surface area contributed by atoms with Crippen LogP contribution in [0.2, 0.25) is 0 Å². The monoisotopic (exact) mass is 358 g/mol. The number of hydrogen-bond donors (Lipinski definition) is 0. The molecule has 114 valence electrons. The van der Waals surface area contributed by atoms with Crippen molar-refractivity contribution in [3.8, 4) is 11.4 Å². The Morgan fingerprint density at radius 1 is 1.09 bits per heavy atom. The average molecular weight is 359 g/mol. The van der Waals surface area contributed by atoms with Gasteiger partial charge in [-0.1, -0.05) is 15.9 Å². The fourth-order valence-electron chi connectivity index (χ4n) is 2.37. The van der Waals surface area contributed by atoms with Gasteiger partial charge >= 0.3 is 0 Å². The van der Waals surface area contributed by atoms with Crippen LogP contribution in [0.5, 0.6) is 5.75 Å². The molecule has 0 fully saturated rings. The number of rotatable bonds is 2. The Morgan fingerprint density at radius 3 is 2.41 bits per heavy atom. The highest BCUT2D eigenvalue weighted by Gasteiger charge is 2.12. The zero-order valence-electron chi connectivity index (χ0n) is 13.2. The molecule has 0 saturated carbocycles. The van der Waals surface area contributed by atoms with E-state index in [9.17, 15) is 0 Å². The molecule has 0 amide bonds. The lowest BCUT2D eigenvalue weighted by molar-refractivity contribution is 0.131. The first-order valence-corrected chi connectivity index (χ1v) is 8.05. The van der Waals surface area contributed by atoms with Crippen molar-refractivity contribution in [3.05, 3.63) is 52.8 Å². The summed E-state index contributed by atoms with van der Waals surface area (Å²) in [7, 11) is 0. The number of aryl methyl sites for hydroxylation is 1. The molecule has 0 bridgehead atoms. The molecule has 3 rings (SSSR count). The Morgan fingerprint density at radius 2 is 1.77 bits per heavy atom. The summed E-state index contributed by atoms with van der Waals surface area (Å²) in [5, 5.41) is 0. The number of halogens is 1. The van der Waals surface area contributed by atoms with E-state index in [0.29, 0.717) is 0 Å². The second-order valence-electron chi connectivity index (χ2n) is 6.41. The first-order valence-electron chi connectivity index (χ1n) is 7.26. The molecule has 0 spiro atoms. The maximum absolute atomic E-state index is 5.86. The first kappa shape index (κ1) is 15.1. The Balaban J connectivity index is 1.99. The van der Waals surface area contributed by atoms with Crippen LogP contribution in [0, 0.1) is 6.92 Å². The molecular weight excluding hydrogens is 340 g/mol. The van der Waals surface area contributed by atoms with E-state index in [1.54, 1.807) is 0 Å². The summed E-state index contributed by atoms with van der Waals surface area (Å²) in [5.41, 5.74) is 4.15. The number of ether oxygens (including phenoxy) is 1. The minimum atomic E-state index is -0.189. The minimum Gasteiger partial charge on any atom is -0.488 e. The van der Waals surface area contributed by atoms with Gasteiger partial charge in [-0.05, 0) is 69.7 Å². The predicted molar refractivity (Wildman–Crippen MR) is 93.9 cm³/mol. The highest BCUT2D eigenvalue weighted by molar-refractivity contribution is 9.10. The van der Waals surface area contributed by atoms with Crippen LogP contribution < -0.4 is 4.74 Å². The first-order chi connectivity index (χ1) is 10.3. The van der Waals surface area contributed by atoms with E-state index in [-0.39, 0.29) is 5.60 Å². The maximum Gasteiger partial charge on any atom is 0.120 e. The topological polar surface area (TPSA) is 27.1 Å². The van der Waals surface area contributed by atoms with E-state index in [1.165, 1.54) is 5.56 Å². The average Bonchev–Trinajstić information content (AvgIpc) is 2.81. The van der Waals surface area contributed by atoms with Gasteiger partial charge in [-0.3, -0.25) is 4.57 Å². The quantitative estimate of drug-likeness (QED) is 0.623. The lowest BCUT2D eigenvalue weighted by Gasteiger charge is -2.21. The third-order valence-corrected chi connectivity index (χ3v) is 4.22. The second-order valence-corrected chi connectivity index (χ2v) is 7.27. The Hall–Kier alpha value is -1.81. The van der Waals surface area contributed by atoms with E-state index in [2.05, 4.69) is 56.7 Å². The van der Waals surface area contributed by atoms with Crippen molar-refractivity contribution >= 4 is 27.0 Å². The fraction of sp³-hybridized carbons (Fsp3) is 0.278. The van der Waals surface area contributed by atoms with E-state index >= 15 is 0 Å². The summed E-state index contributed by atoms with van der Waals surface area (Å²) in [6, 6.07) is 12.3. The molecule has 3 nitrogen and oxygen atoms in total. The molecule has 0 saturated heterocycles. The Bertz CT molecular complexity index is 813. The summed E-state index contributed by atoms with van der Waals surface area (Å²) in [5.74, 6) is 0.873. The summed E-state index contributed by atoms with van der Waals surface area (Å²) < 4.78 is 9.04. The van der Waals surface area contributed by atoms with Gasteiger partial charge in [0, 0.05) is 10.2 Å². The number of fused-ring (bicyclic) bond motifs is 1. The van der Waals surface area contributed by atoms with E-state index < -0.39 is 0 Å². The molecule has 1 heterocycles. The standard InChI is InChI=1S/C18H19BrN2O/c1-12-9-16-17(10-15(12)19)21(11-20-16)13-5-7-14(8-6-13)22-18(2,3)4/h5-11H,1-4H3. The third kappa shape index (κ3) is 3.02. The number of nitrogens with zero attached hydrogens (tertiary/aromatic N) is 2. The van der Waals surface area contributed by atoms with E-state index in [0.717, 1.165) is 26.9 Å². The molecule has 2 aromatic carbocycles. The van der Waals surface area contributed by atoms with Crippen molar-refractivity contribution in [1.29, 1.82) is 0 Å². The Labute approximate surface area is 139 Å². The van der Waals surface area contributed by atoms with Gasteiger partial charge in [0.25, 0.3) is 0 Å². The summed E-state index contributed by atoms with van der Waals surface area (Å²) in [6.07, 6.45) is 1.86. The van der Waals surface area contributed by atoms with Crippen LogP contribution in [0.4, 0.5) is 0 Å². The lowest BCUT2D eigenvalue weighted by Crippen LogP contribution is -2.22. The lowest BCUT2D eigenvalue weighted by atomic mass is 10.2. The van der Waals surface area contributed by atoms with Gasteiger partial charge in [0.1, 0.15) is 17.7 Å².